The summed E-state index contributed by atoms with van der Waals surface area (Å²) in [6, 6.07) is 5.64. The lowest BCUT2D eigenvalue weighted by Gasteiger charge is -2.20. The van der Waals surface area contributed by atoms with Gasteiger partial charge >= 0.3 is 5.97 Å². The molecule has 0 radical (unpaired) electrons. The van der Waals surface area contributed by atoms with Gasteiger partial charge in [-0.1, -0.05) is 15.9 Å². The van der Waals surface area contributed by atoms with Gasteiger partial charge in [-0.15, -0.1) is 0 Å². The Bertz CT molecular complexity index is 779. The van der Waals surface area contributed by atoms with Crippen molar-refractivity contribution in [3.05, 3.63) is 34.0 Å². The van der Waals surface area contributed by atoms with Gasteiger partial charge in [0.15, 0.2) is 5.76 Å². The Morgan fingerprint density at radius 3 is 2.79 bits per heavy atom. The number of hydrogen-bond acceptors (Lipinski definition) is 4. The highest BCUT2D eigenvalue weighted by Crippen LogP contribution is 2.32. The predicted octanol–water partition coefficient (Wildman–Crippen LogP) is 3.92. The zero-order valence-corrected chi connectivity index (χ0v) is 15.4. The third kappa shape index (κ3) is 3.64. The van der Waals surface area contributed by atoms with E-state index < -0.39 is 0 Å². The number of hydrogen-bond donors (Lipinski definition) is 0. The standard InChI is InChI=1S/C18H20BrNO4/c1-3-23-16(21)10-20(9-12-4-5-12)18(22)17-11(2)14-8-13(19)6-7-15(14)24-17/h6-8,12H,3-5,9-10H2,1-2H3. The Morgan fingerprint density at radius 1 is 1.38 bits per heavy atom. The number of esters is 1. The van der Waals surface area contributed by atoms with Crippen LogP contribution in [-0.2, 0) is 9.53 Å². The summed E-state index contributed by atoms with van der Waals surface area (Å²) in [5, 5.41) is 0.898. The van der Waals surface area contributed by atoms with E-state index >= 15 is 0 Å². The highest BCUT2D eigenvalue weighted by molar-refractivity contribution is 9.10. The van der Waals surface area contributed by atoms with Gasteiger partial charge in [-0.05, 0) is 50.8 Å². The Labute approximate surface area is 149 Å². The molecule has 1 amide bonds. The summed E-state index contributed by atoms with van der Waals surface area (Å²) < 4.78 is 11.7. The van der Waals surface area contributed by atoms with Crippen molar-refractivity contribution in [2.24, 2.45) is 5.92 Å². The number of nitrogens with zero attached hydrogens (tertiary/aromatic N) is 1. The van der Waals surface area contributed by atoms with Crippen molar-refractivity contribution < 1.29 is 18.7 Å². The van der Waals surface area contributed by atoms with E-state index in [1.54, 1.807) is 11.8 Å². The van der Waals surface area contributed by atoms with Gasteiger partial charge in [-0.2, -0.15) is 0 Å². The van der Waals surface area contributed by atoms with Gasteiger partial charge in [-0.3, -0.25) is 9.59 Å². The molecule has 1 aliphatic carbocycles. The predicted molar refractivity (Wildman–Crippen MR) is 93.9 cm³/mol. The molecule has 6 heteroatoms. The molecule has 1 aromatic carbocycles. The molecule has 1 saturated carbocycles. The molecule has 0 saturated heterocycles. The molecule has 1 heterocycles. The van der Waals surface area contributed by atoms with Gasteiger partial charge in [0, 0.05) is 22.0 Å². The molecule has 0 atom stereocenters. The molecular weight excluding hydrogens is 374 g/mol. The molecule has 128 valence electrons. The van der Waals surface area contributed by atoms with Crippen molar-refractivity contribution in [2.75, 3.05) is 19.7 Å². The number of amides is 1. The highest BCUT2D eigenvalue weighted by atomic mass is 79.9. The van der Waals surface area contributed by atoms with Crippen molar-refractivity contribution in [1.29, 1.82) is 0 Å². The summed E-state index contributed by atoms with van der Waals surface area (Å²) in [4.78, 5) is 26.3. The fourth-order valence-electron chi connectivity index (χ4n) is 2.73. The Hall–Kier alpha value is -1.82. The van der Waals surface area contributed by atoms with Gasteiger partial charge in [0.25, 0.3) is 5.91 Å². The fraction of sp³-hybridized carbons (Fsp3) is 0.444. The Balaban J connectivity index is 1.88. The van der Waals surface area contributed by atoms with Gasteiger partial charge in [-0.25, -0.2) is 0 Å². The molecular formula is C18H20BrNO4. The summed E-state index contributed by atoms with van der Waals surface area (Å²) in [5.41, 5.74) is 1.46. The summed E-state index contributed by atoms with van der Waals surface area (Å²) >= 11 is 3.43. The Kier molecular flexibility index (Phi) is 4.94. The number of halogens is 1. The van der Waals surface area contributed by atoms with Crippen LogP contribution in [0.5, 0.6) is 0 Å². The topological polar surface area (TPSA) is 59.8 Å². The molecule has 0 spiro atoms. The number of carbonyl (C=O) groups excluding carboxylic acids is 2. The number of benzene rings is 1. The van der Waals surface area contributed by atoms with E-state index in [2.05, 4.69) is 15.9 Å². The SMILES string of the molecule is CCOC(=O)CN(CC1CC1)C(=O)c1oc2ccc(Br)cc2c1C. The van der Waals surface area contributed by atoms with Crippen LogP contribution in [0.25, 0.3) is 11.0 Å². The van der Waals surface area contributed by atoms with E-state index in [0.717, 1.165) is 28.3 Å². The summed E-state index contributed by atoms with van der Waals surface area (Å²) in [7, 11) is 0. The molecule has 0 aliphatic heterocycles. The average Bonchev–Trinajstić information content (AvgIpc) is 3.30. The van der Waals surface area contributed by atoms with Crippen molar-refractivity contribution >= 4 is 38.8 Å². The zero-order chi connectivity index (χ0) is 17.3. The van der Waals surface area contributed by atoms with E-state index in [1.165, 1.54) is 0 Å². The van der Waals surface area contributed by atoms with Crippen LogP contribution in [0.2, 0.25) is 0 Å². The number of aryl methyl sites for hydroxylation is 1. The van der Waals surface area contributed by atoms with Crippen LogP contribution in [0.1, 0.15) is 35.9 Å². The minimum absolute atomic E-state index is 0.0383. The van der Waals surface area contributed by atoms with Crippen LogP contribution in [0.4, 0.5) is 0 Å². The van der Waals surface area contributed by atoms with Crippen molar-refractivity contribution in [3.8, 4) is 0 Å². The minimum Gasteiger partial charge on any atom is -0.465 e. The molecule has 1 aliphatic rings. The fourth-order valence-corrected chi connectivity index (χ4v) is 3.10. The third-order valence-corrected chi connectivity index (χ3v) is 4.67. The first kappa shape index (κ1) is 17.0. The molecule has 1 fully saturated rings. The van der Waals surface area contributed by atoms with E-state index in [4.69, 9.17) is 9.15 Å². The first-order chi connectivity index (χ1) is 11.5. The number of fused-ring (bicyclic) bond motifs is 1. The van der Waals surface area contributed by atoms with Crippen molar-refractivity contribution in [3.63, 3.8) is 0 Å². The maximum atomic E-state index is 12.9. The van der Waals surface area contributed by atoms with Gasteiger partial charge in [0.05, 0.1) is 6.61 Å². The smallest absolute Gasteiger partial charge is 0.325 e. The normalized spacial score (nSPS) is 14.0. The maximum absolute atomic E-state index is 12.9. The van der Waals surface area contributed by atoms with Gasteiger partial charge in [0.1, 0.15) is 12.1 Å². The summed E-state index contributed by atoms with van der Waals surface area (Å²) in [6.45, 7) is 4.46. The molecule has 2 aromatic rings. The first-order valence-electron chi connectivity index (χ1n) is 8.13. The first-order valence-corrected chi connectivity index (χ1v) is 8.92. The lowest BCUT2D eigenvalue weighted by atomic mass is 10.1. The Morgan fingerprint density at radius 2 is 2.12 bits per heavy atom. The van der Waals surface area contributed by atoms with E-state index in [9.17, 15) is 9.59 Å². The largest absolute Gasteiger partial charge is 0.465 e. The van der Waals surface area contributed by atoms with Crippen LogP contribution in [0.15, 0.2) is 27.1 Å². The minimum atomic E-state index is -0.386. The van der Waals surface area contributed by atoms with E-state index in [-0.39, 0.29) is 18.4 Å². The lowest BCUT2D eigenvalue weighted by molar-refractivity contribution is -0.143. The number of rotatable bonds is 6. The van der Waals surface area contributed by atoms with E-state index in [0.29, 0.717) is 30.4 Å². The summed E-state index contributed by atoms with van der Waals surface area (Å²) in [5.74, 6) is 0.137. The number of ether oxygens (including phenoxy) is 1. The maximum Gasteiger partial charge on any atom is 0.325 e. The van der Waals surface area contributed by atoms with E-state index in [1.807, 2.05) is 25.1 Å². The number of carbonyl (C=O) groups is 2. The zero-order valence-electron chi connectivity index (χ0n) is 13.8. The van der Waals surface area contributed by atoms with Crippen LogP contribution in [0, 0.1) is 12.8 Å². The second kappa shape index (κ2) is 6.97. The van der Waals surface area contributed by atoms with Crippen LogP contribution in [-0.4, -0.2) is 36.5 Å². The molecule has 24 heavy (non-hydrogen) atoms. The molecule has 0 unspecified atom stereocenters. The van der Waals surface area contributed by atoms with Crippen LogP contribution >= 0.6 is 15.9 Å². The molecule has 5 nitrogen and oxygen atoms in total. The van der Waals surface area contributed by atoms with Crippen LogP contribution < -0.4 is 0 Å². The second-order valence-electron chi connectivity index (χ2n) is 6.13. The van der Waals surface area contributed by atoms with Gasteiger partial charge in [0.2, 0.25) is 0 Å². The van der Waals surface area contributed by atoms with Crippen LogP contribution in [0.3, 0.4) is 0 Å². The van der Waals surface area contributed by atoms with Crippen molar-refractivity contribution in [1.82, 2.24) is 4.90 Å². The average molecular weight is 394 g/mol. The third-order valence-electron chi connectivity index (χ3n) is 4.18. The van der Waals surface area contributed by atoms with Gasteiger partial charge < -0.3 is 14.1 Å². The monoisotopic (exact) mass is 393 g/mol. The highest BCUT2D eigenvalue weighted by Gasteiger charge is 2.31. The number of furan rings is 1. The second-order valence-corrected chi connectivity index (χ2v) is 7.05. The molecule has 1 aromatic heterocycles. The lowest BCUT2D eigenvalue weighted by Crippen LogP contribution is -2.38. The summed E-state index contributed by atoms with van der Waals surface area (Å²) in [6.07, 6.45) is 2.19. The van der Waals surface area contributed by atoms with Crippen molar-refractivity contribution in [2.45, 2.75) is 26.7 Å². The molecule has 0 N–H and O–H groups in total. The quantitative estimate of drug-likeness (QED) is 0.697. The molecule has 0 bridgehead atoms. The molecule has 3 rings (SSSR count).